The van der Waals surface area contributed by atoms with Crippen LogP contribution < -0.4 is 5.32 Å². The summed E-state index contributed by atoms with van der Waals surface area (Å²) >= 11 is 1.89. The number of nitrogens with zero attached hydrogens (tertiary/aromatic N) is 1. The van der Waals surface area contributed by atoms with Crippen molar-refractivity contribution in [2.24, 2.45) is 0 Å². The highest BCUT2D eigenvalue weighted by atomic mass is 32.1. The molecule has 3 heterocycles. The Bertz CT molecular complexity index is 1010. The van der Waals surface area contributed by atoms with E-state index < -0.39 is 0 Å². The van der Waals surface area contributed by atoms with Gasteiger partial charge >= 0.3 is 0 Å². The van der Waals surface area contributed by atoms with Crippen LogP contribution in [-0.2, 0) is 6.54 Å². The Morgan fingerprint density at radius 1 is 1.04 bits per heavy atom. The molecule has 118 valence electrons. The predicted octanol–water partition coefficient (Wildman–Crippen LogP) is 5.19. The zero-order chi connectivity index (χ0) is 16.1. The minimum absolute atomic E-state index is 0.226. The smallest absolute Gasteiger partial charge is 0.0831 e. The van der Waals surface area contributed by atoms with Crippen molar-refractivity contribution < 1.29 is 0 Å². The van der Waals surface area contributed by atoms with Crippen LogP contribution in [0.15, 0.2) is 66.9 Å². The predicted molar refractivity (Wildman–Crippen MR) is 101 cm³/mol. The van der Waals surface area contributed by atoms with Gasteiger partial charge in [-0.1, -0.05) is 36.4 Å². The van der Waals surface area contributed by atoms with Gasteiger partial charge in [0.05, 0.1) is 11.7 Å². The summed E-state index contributed by atoms with van der Waals surface area (Å²) < 4.78 is 3.71. The fourth-order valence-corrected chi connectivity index (χ4v) is 4.90. The summed E-state index contributed by atoms with van der Waals surface area (Å²) in [5.41, 5.74) is 5.32. The van der Waals surface area contributed by atoms with Gasteiger partial charge in [-0.2, -0.15) is 0 Å². The standard InChI is InChI=1S/C21H18N2S/c1-14-6-4-8-16-13-22-20(17-9-5-11-23(17)21(14)16)19-12-15-7-2-3-10-18(15)24-19/h2-12,20,22H,13H2,1H3. The lowest BCUT2D eigenvalue weighted by molar-refractivity contribution is 0.609. The van der Waals surface area contributed by atoms with Crippen LogP contribution in [0.5, 0.6) is 0 Å². The summed E-state index contributed by atoms with van der Waals surface area (Å²) in [6.45, 7) is 3.08. The van der Waals surface area contributed by atoms with Crippen LogP contribution in [0.25, 0.3) is 15.8 Å². The number of rotatable bonds is 1. The van der Waals surface area contributed by atoms with Gasteiger partial charge in [-0.15, -0.1) is 11.3 Å². The van der Waals surface area contributed by atoms with Gasteiger partial charge in [-0.25, -0.2) is 0 Å². The van der Waals surface area contributed by atoms with E-state index in [9.17, 15) is 0 Å². The lowest BCUT2D eigenvalue weighted by Gasteiger charge is -2.16. The Kier molecular flexibility index (Phi) is 3.12. The van der Waals surface area contributed by atoms with Crippen molar-refractivity contribution in [3.8, 4) is 5.69 Å². The van der Waals surface area contributed by atoms with E-state index in [-0.39, 0.29) is 6.04 Å². The van der Waals surface area contributed by atoms with Gasteiger partial charge in [0, 0.05) is 28.0 Å². The van der Waals surface area contributed by atoms with E-state index in [1.54, 1.807) is 0 Å². The number of nitrogens with one attached hydrogen (secondary N) is 1. The quantitative estimate of drug-likeness (QED) is 0.508. The number of aromatic nitrogens is 1. The number of hydrogen-bond donors (Lipinski definition) is 1. The number of fused-ring (bicyclic) bond motifs is 4. The average Bonchev–Trinajstić information content (AvgIpc) is 3.19. The van der Waals surface area contributed by atoms with Gasteiger partial charge in [0.1, 0.15) is 0 Å². The van der Waals surface area contributed by atoms with E-state index in [1.165, 1.54) is 37.5 Å². The Morgan fingerprint density at radius 3 is 2.88 bits per heavy atom. The van der Waals surface area contributed by atoms with Crippen molar-refractivity contribution >= 4 is 21.4 Å². The van der Waals surface area contributed by atoms with Crippen molar-refractivity contribution in [1.29, 1.82) is 0 Å². The Balaban J connectivity index is 1.70. The zero-order valence-corrected chi connectivity index (χ0v) is 14.3. The molecule has 0 saturated heterocycles. The first-order chi connectivity index (χ1) is 11.8. The van der Waals surface area contributed by atoms with Gasteiger partial charge in [-0.3, -0.25) is 0 Å². The van der Waals surface area contributed by atoms with E-state index in [1.807, 2.05) is 11.3 Å². The van der Waals surface area contributed by atoms with Crippen LogP contribution in [0.2, 0.25) is 0 Å². The summed E-state index contributed by atoms with van der Waals surface area (Å²) in [5, 5.41) is 5.10. The average molecular weight is 330 g/mol. The molecular formula is C21H18N2S. The van der Waals surface area contributed by atoms with Crippen LogP contribution in [0, 0.1) is 6.92 Å². The Labute approximate surface area is 145 Å². The molecule has 0 aliphatic carbocycles. The van der Waals surface area contributed by atoms with Crippen LogP contribution in [0.3, 0.4) is 0 Å². The fourth-order valence-electron chi connectivity index (χ4n) is 3.75. The van der Waals surface area contributed by atoms with Crippen molar-refractivity contribution in [2.45, 2.75) is 19.5 Å². The van der Waals surface area contributed by atoms with E-state index in [2.05, 4.69) is 83.7 Å². The summed E-state index contributed by atoms with van der Waals surface area (Å²) in [6.07, 6.45) is 2.19. The van der Waals surface area contributed by atoms with E-state index >= 15 is 0 Å². The molecule has 0 spiro atoms. The van der Waals surface area contributed by atoms with Gasteiger partial charge in [0.25, 0.3) is 0 Å². The van der Waals surface area contributed by atoms with Gasteiger partial charge in [0.15, 0.2) is 0 Å². The van der Waals surface area contributed by atoms with Crippen LogP contribution in [0.1, 0.15) is 27.7 Å². The van der Waals surface area contributed by atoms with Crippen LogP contribution in [-0.4, -0.2) is 4.57 Å². The SMILES string of the molecule is Cc1cccc2c1-n1cccc1C(c1cc3ccccc3s1)NC2. The second-order valence-electron chi connectivity index (χ2n) is 6.39. The van der Waals surface area contributed by atoms with Crippen LogP contribution >= 0.6 is 11.3 Å². The van der Waals surface area contributed by atoms with E-state index in [4.69, 9.17) is 0 Å². The molecule has 0 fully saturated rings. The fraction of sp³-hybridized carbons (Fsp3) is 0.143. The molecule has 5 rings (SSSR count). The second kappa shape index (κ2) is 5.33. The number of aryl methyl sites for hydroxylation is 1. The molecule has 0 bridgehead atoms. The third-order valence-corrected chi connectivity index (χ3v) is 6.04. The minimum Gasteiger partial charge on any atom is -0.318 e. The highest BCUT2D eigenvalue weighted by Gasteiger charge is 2.24. The molecule has 2 aromatic heterocycles. The molecule has 4 aromatic rings. The van der Waals surface area contributed by atoms with Gasteiger partial charge < -0.3 is 9.88 Å². The lowest BCUT2D eigenvalue weighted by Crippen LogP contribution is -2.20. The molecule has 0 amide bonds. The third kappa shape index (κ3) is 2.05. The maximum atomic E-state index is 3.77. The molecule has 0 radical (unpaired) electrons. The minimum atomic E-state index is 0.226. The Morgan fingerprint density at radius 2 is 1.96 bits per heavy atom. The zero-order valence-electron chi connectivity index (χ0n) is 13.5. The third-order valence-electron chi connectivity index (χ3n) is 4.86. The molecule has 1 unspecified atom stereocenters. The molecule has 1 aliphatic rings. The van der Waals surface area contributed by atoms with Crippen molar-refractivity contribution in [1.82, 2.24) is 9.88 Å². The van der Waals surface area contributed by atoms with E-state index in [0.29, 0.717) is 0 Å². The molecular weight excluding hydrogens is 312 g/mol. The maximum Gasteiger partial charge on any atom is 0.0831 e. The van der Waals surface area contributed by atoms with Crippen molar-refractivity contribution in [3.63, 3.8) is 0 Å². The summed E-state index contributed by atoms with van der Waals surface area (Å²) in [7, 11) is 0. The lowest BCUT2D eigenvalue weighted by atomic mass is 10.1. The second-order valence-corrected chi connectivity index (χ2v) is 7.50. The van der Waals surface area contributed by atoms with Crippen molar-refractivity contribution in [3.05, 3.63) is 88.6 Å². The molecule has 1 aliphatic heterocycles. The topological polar surface area (TPSA) is 17.0 Å². The highest BCUT2D eigenvalue weighted by molar-refractivity contribution is 7.19. The Hall–Kier alpha value is -2.36. The number of benzene rings is 2. The molecule has 3 heteroatoms. The molecule has 2 aromatic carbocycles. The maximum absolute atomic E-state index is 3.77. The first-order valence-electron chi connectivity index (χ1n) is 8.29. The normalized spacial score (nSPS) is 16.6. The molecule has 2 nitrogen and oxygen atoms in total. The summed E-state index contributed by atoms with van der Waals surface area (Å²) in [6, 6.07) is 22.2. The number of thiophene rings is 1. The monoisotopic (exact) mass is 330 g/mol. The van der Waals surface area contributed by atoms with E-state index in [0.717, 1.165) is 6.54 Å². The first kappa shape index (κ1) is 14.0. The van der Waals surface area contributed by atoms with Gasteiger partial charge in [-0.05, 0) is 47.7 Å². The van der Waals surface area contributed by atoms with Crippen molar-refractivity contribution in [2.75, 3.05) is 0 Å². The molecule has 0 saturated carbocycles. The summed E-state index contributed by atoms with van der Waals surface area (Å²) in [4.78, 5) is 1.38. The largest absolute Gasteiger partial charge is 0.318 e. The number of hydrogen-bond acceptors (Lipinski definition) is 2. The molecule has 24 heavy (non-hydrogen) atoms. The molecule has 1 N–H and O–H groups in total. The number of para-hydroxylation sites is 1. The molecule has 1 atom stereocenters. The highest BCUT2D eigenvalue weighted by Crippen LogP contribution is 2.37. The first-order valence-corrected chi connectivity index (χ1v) is 9.11. The van der Waals surface area contributed by atoms with Gasteiger partial charge in [0.2, 0.25) is 0 Å². The van der Waals surface area contributed by atoms with Crippen LogP contribution in [0.4, 0.5) is 0 Å². The summed E-state index contributed by atoms with van der Waals surface area (Å²) in [5.74, 6) is 0.